The second kappa shape index (κ2) is 5.10. The summed E-state index contributed by atoms with van der Waals surface area (Å²) in [5.41, 5.74) is 1.41. The van der Waals surface area contributed by atoms with Gasteiger partial charge in [-0.3, -0.25) is 4.79 Å². The molecule has 0 aromatic carbocycles. The summed E-state index contributed by atoms with van der Waals surface area (Å²) in [6, 6.07) is 3.54. The van der Waals surface area contributed by atoms with E-state index >= 15 is 0 Å². The lowest BCUT2D eigenvalue weighted by Gasteiger charge is -2.19. The SMILES string of the molecule is O=Cc1ccn2nc(CC3CCCSC3)nc2c1. The summed E-state index contributed by atoms with van der Waals surface area (Å²) in [4.78, 5) is 15.2. The van der Waals surface area contributed by atoms with E-state index in [1.165, 1.54) is 24.3 Å². The van der Waals surface area contributed by atoms with Crippen molar-refractivity contribution in [2.24, 2.45) is 5.92 Å². The highest BCUT2D eigenvalue weighted by molar-refractivity contribution is 7.99. The van der Waals surface area contributed by atoms with Gasteiger partial charge in [0, 0.05) is 18.2 Å². The van der Waals surface area contributed by atoms with Crippen LogP contribution < -0.4 is 0 Å². The molecule has 94 valence electrons. The first-order chi connectivity index (χ1) is 8.85. The number of carbonyl (C=O) groups excluding carboxylic acids is 1. The van der Waals surface area contributed by atoms with Gasteiger partial charge in [-0.1, -0.05) is 0 Å². The van der Waals surface area contributed by atoms with Crippen molar-refractivity contribution in [2.45, 2.75) is 19.3 Å². The van der Waals surface area contributed by atoms with Gasteiger partial charge in [0.05, 0.1) is 0 Å². The Morgan fingerprint density at radius 2 is 2.50 bits per heavy atom. The van der Waals surface area contributed by atoms with Gasteiger partial charge in [-0.05, 0) is 42.4 Å². The molecule has 4 nitrogen and oxygen atoms in total. The number of rotatable bonds is 3. The number of carbonyl (C=O) groups is 1. The standard InChI is InChI=1S/C13H15N3OS/c17-8-10-3-4-16-13(7-10)14-12(15-16)6-11-2-1-5-18-9-11/h3-4,7-8,11H,1-2,5-6,9H2. The minimum atomic E-state index is 0.648. The summed E-state index contributed by atoms with van der Waals surface area (Å²) in [7, 11) is 0. The average molecular weight is 261 g/mol. The quantitative estimate of drug-likeness (QED) is 0.795. The summed E-state index contributed by atoms with van der Waals surface area (Å²) in [5, 5.41) is 4.46. The molecule has 0 amide bonds. The number of pyridine rings is 1. The van der Waals surface area contributed by atoms with Crippen molar-refractivity contribution in [3.8, 4) is 0 Å². The summed E-state index contributed by atoms with van der Waals surface area (Å²) in [5.74, 6) is 4.10. The highest BCUT2D eigenvalue weighted by Crippen LogP contribution is 2.24. The largest absolute Gasteiger partial charge is 0.298 e. The van der Waals surface area contributed by atoms with Crippen LogP contribution in [0.4, 0.5) is 0 Å². The highest BCUT2D eigenvalue weighted by atomic mass is 32.2. The predicted octanol–water partition coefficient (Wildman–Crippen LogP) is 2.23. The van der Waals surface area contributed by atoms with Crippen LogP contribution in [0.1, 0.15) is 29.0 Å². The molecular weight excluding hydrogens is 246 g/mol. The normalized spacial score (nSPS) is 20.1. The zero-order valence-electron chi connectivity index (χ0n) is 10.1. The Hall–Kier alpha value is -1.36. The molecule has 3 rings (SSSR count). The average Bonchev–Trinajstić information content (AvgIpc) is 2.80. The van der Waals surface area contributed by atoms with Crippen molar-refractivity contribution in [3.63, 3.8) is 0 Å². The third-order valence-corrected chi connectivity index (χ3v) is 4.55. The molecule has 1 saturated heterocycles. The van der Waals surface area contributed by atoms with E-state index in [9.17, 15) is 4.79 Å². The molecule has 0 saturated carbocycles. The number of hydrogen-bond donors (Lipinski definition) is 0. The van der Waals surface area contributed by atoms with Gasteiger partial charge < -0.3 is 0 Å². The van der Waals surface area contributed by atoms with Gasteiger partial charge >= 0.3 is 0 Å². The third-order valence-electron chi connectivity index (χ3n) is 3.27. The predicted molar refractivity (Wildman–Crippen MR) is 72.1 cm³/mol. The number of nitrogens with zero attached hydrogens (tertiary/aromatic N) is 3. The number of aromatic nitrogens is 3. The van der Waals surface area contributed by atoms with E-state index in [-0.39, 0.29) is 0 Å². The van der Waals surface area contributed by atoms with Crippen molar-refractivity contribution in [1.29, 1.82) is 0 Å². The van der Waals surface area contributed by atoms with E-state index in [1.807, 2.05) is 11.8 Å². The van der Waals surface area contributed by atoms with Gasteiger partial charge in [0.2, 0.25) is 0 Å². The van der Waals surface area contributed by atoms with Crippen molar-refractivity contribution in [2.75, 3.05) is 11.5 Å². The Balaban J connectivity index is 1.81. The topological polar surface area (TPSA) is 47.3 Å². The molecule has 5 heteroatoms. The Labute approximate surface area is 110 Å². The van der Waals surface area contributed by atoms with Crippen LogP contribution in [-0.2, 0) is 6.42 Å². The van der Waals surface area contributed by atoms with Crippen LogP contribution >= 0.6 is 11.8 Å². The zero-order chi connectivity index (χ0) is 12.4. The minimum absolute atomic E-state index is 0.648. The second-order valence-electron chi connectivity index (χ2n) is 4.70. The van der Waals surface area contributed by atoms with Crippen LogP contribution in [-0.4, -0.2) is 32.4 Å². The third kappa shape index (κ3) is 2.41. The molecule has 1 aliphatic heterocycles. The van der Waals surface area contributed by atoms with Gasteiger partial charge in [0.25, 0.3) is 0 Å². The first-order valence-electron chi connectivity index (χ1n) is 6.23. The van der Waals surface area contributed by atoms with Crippen molar-refractivity contribution >= 4 is 23.7 Å². The van der Waals surface area contributed by atoms with Gasteiger partial charge in [-0.2, -0.15) is 16.9 Å². The fraction of sp³-hybridized carbons (Fsp3) is 0.462. The molecule has 3 heterocycles. The van der Waals surface area contributed by atoms with E-state index in [1.54, 1.807) is 22.8 Å². The monoisotopic (exact) mass is 261 g/mol. The molecule has 18 heavy (non-hydrogen) atoms. The van der Waals surface area contributed by atoms with E-state index in [2.05, 4.69) is 10.1 Å². The van der Waals surface area contributed by atoms with Gasteiger partial charge in [-0.15, -0.1) is 0 Å². The van der Waals surface area contributed by atoms with Crippen molar-refractivity contribution in [1.82, 2.24) is 14.6 Å². The minimum Gasteiger partial charge on any atom is -0.298 e. The lowest BCUT2D eigenvalue weighted by atomic mass is 10.0. The number of fused-ring (bicyclic) bond motifs is 1. The lowest BCUT2D eigenvalue weighted by Crippen LogP contribution is -2.13. The van der Waals surface area contributed by atoms with Crippen LogP contribution in [0, 0.1) is 5.92 Å². The molecule has 1 atom stereocenters. The fourth-order valence-electron chi connectivity index (χ4n) is 2.33. The molecule has 0 aliphatic carbocycles. The maximum absolute atomic E-state index is 10.7. The van der Waals surface area contributed by atoms with Gasteiger partial charge in [-0.25, -0.2) is 9.50 Å². The zero-order valence-corrected chi connectivity index (χ0v) is 10.9. The molecule has 1 unspecified atom stereocenters. The summed E-state index contributed by atoms with van der Waals surface area (Å²) < 4.78 is 1.75. The maximum atomic E-state index is 10.7. The Bertz CT molecular complexity index is 560. The molecule has 0 spiro atoms. The summed E-state index contributed by atoms with van der Waals surface area (Å²) >= 11 is 2.03. The van der Waals surface area contributed by atoms with Gasteiger partial charge in [0.1, 0.15) is 6.29 Å². The van der Waals surface area contributed by atoms with E-state index < -0.39 is 0 Å². The fourth-order valence-corrected chi connectivity index (χ4v) is 3.49. The van der Waals surface area contributed by atoms with E-state index in [4.69, 9.17) is 0 Å². The highest BCUT2D eigenvalue weighted by Gasteiger charge is 2.16. The Morgan fingerprint density at radius 1 is 1.56 bits per heavy atom. The molecule has 0 bridgehead atoms. The second-order valence-corrected chi connectivity index (χ2v) is 5.85. The molecule has 0 radical (unpaired) electrons. The molecular formula is C13H15N3OS. The Kier molecular flexibility index (Phi) is 3.32. The van der Waals surface area contributed by atoms with Crippen LogP contribution in [0.5, 0.6) is 0 Å². The Morgan fingerprint density at radius 3 is 3.28 bits per heavy atom. The van der Waals surface area contributed by atoms with Crippen LogP contribution in [0.25, 0.3) is 5.65 Å². The van der Waals surface area contributed by atoms with Gasteiger partial charge in [0.15, 0.2) is 11.5 Å². The maximum Gasteiger partial charge on any atom is 0.156 e. The van der Waals surface area contributed by atoms with Crippen LogP contribution in [0.3, 0.4) is 0 Å². The number of thioether (sulfide) groups is 1. The van der Waals surface area contributed by atoms with E-state index in [0.717, 1.165) is 24.2 Å². The summed E-state index contributed by atoms with van der Waals surface area (Å²) in [6.07, 6.45) is 6.17. The molecule has 1 aliphatic rings. The first kappa shape index (κ1) is 11.7. The van der Waals surface area contributed by atoms with Crippen LogP contribution in [0.15, 0.2) is 18.3 Å². The number of aldehydes is 1. The number of hydrogen-bond acceptors (Lipinski definition) is 4. The molecule has 0 N–H and O–H groups in total. The van der Waals surface area contributed by atoms with Crippen molar-refractivity contribution in [3.05, 3.63) is 29.7 Å². The molecule has 2 aromatic heterocycles. The van der Waals surface area contributed by atoms with Crippen LogP contribution in [0.2, 0.25) is 0 Å². The first-order valence-corrected chi connectivity index (χ1v) is 7.39. The molecule has 1 fully saturated rings. The lowest BCUT2D eigenvalue weighted by molar-refractivity contribution is 0.112. The van der Waals surface area contributed by atoms with Crippen molar-refractivity contribution < 1.29 is 4.79 Å². The smallest absolute Gasteiger partial charge is 0.156 e. The molecule has 2 aromatic rings. The summed E-state index contributed by atoms with van der Waals surface area (Å²) in [6.45, 7) is 0. The van der Waals surface area contributed by atoms with E-state index in [0.29, 0.717) is 11.5 Å².